The predicted octanol–water partition coefficient (Wildman–Crippen LogP) is 6.39. The first-order chi connectivity index (χ1) is 19.8. The molecule has 0 radical (unpaired) electrons. The first-order valence-electron chi connectivity index (χ1n) is 13.7. The topological polar surface area (TPSA) is 57.2 Å². The van der Waals surface area contributed by atoms with Crippen LogP contribution in [0.1, 0.15) is 22.3 Å². The summed E-state index contributed by atoms with van der Waals surface area (Å²) < 4.78 is 25.7. The lowest BCUT2D eigenvalue weighted by atomic mass is 10.0. The molecule has 4 aromatic carbocycles. The Balaban J connectivity index is 1.36. The highest BCUT2D eigenvalue weighted by atomic mass is 32.2. The Bertz CT molecular complexity index is 1240. The molecule has 0 amide bonds. The van der Waals surface area contributed by atoms with E-state index in [1.807, 2.05) is 109 Å². The maximum Gasteiger partial charge on any atom is 0.129 e. The number of rotatable bonds is 13. The normalized spacial score (nSPS) is 22.7. The number of aliphatic hydroxyl groups is 1. The van der Waals surface area contributed by atoms with Gasteiger partial charge in [-0.2, -0.15) is 0 Å². The van der Waals surface area contributed by atoms with Gasteiger partial charge in [-0.1, -0.05) is 121 Å². The van der Waals surface area contributed by atoms with Crippen LogP contribution in [-0.4, -0.2) is 40.7 Å². The Morgan fingerprint density at radius 2 is 0.850 bits per heavy atom. The third kappa shape index (κ3) is 8.27. The number of thioether (sulfide) groups is 1. The van der Waals surface area contributed by atoms with Crippen LogP contribution in [0.5, 0.6) is 0 Å². The SMILES string of the molecule is OC1SC(COCc2ccccc2)C(OCc2ccccc2)C(OCc2ccccc2)C1OCc1ccccc1. The molecule has 0 aliphatic carbocycles. The minimum Gasteiger partial charge on any atom is -0.380 e. The van der Waals surface area contributed by atoms with Crippen molar-refractivity contribution in [2.24, 2.45) is 0 Å². The lowest BCUT2D eigenvalue weighted by Crippen LogP contribution is -2.57. The van der Waals surface area contributed by atoms with Crippen LogP contribution < -0.4 is 0 Å². The average Bonchev–Trinajstić information content (AvgIpc) is 3.01. The van der Waals surface area contributed by atoms with Crippen molar-refractivity contribution in [3.05, 3.63) is 144 Å². The highest BCUT2D eigenvalue weighted by molar-refractivity contribution is 8.00. The minimum absolute atomic E-state index is 0.153. The molecular weight excluding hydrogens is 520 g/mol. The van der Waals surface area contributed by atoms with E-state index in [2.05, 4.69) is 12.1 Å². The number of hydrogen-bond donors (Lipinski definition) is 1. The largest absolute Gasteiger partial charge is 0.380 e. The Morgan fingerprint density at radius 1 is 0.475 bits per heavy atom. The van der Waals surface area contributed by atoms with Crippen LogP contribution in [0, 0.1) is 0 Å². The van der Waals surface area contributed by atoms with E-state index in [4.69, 9.17) is 18.9 Å². The van der Waals surface area contributed by atoms with Crippen molar-refractivity contribution >= 4 is 11.8 Å². The zero-order valence-corrected chi connectivity index (χ0v) is 23.3. The maximum absolute atomic E-state index is 11.4. The van der Waals surface area contributed by atoms with Crippen LogP contribution in [-0.2, 0) is 45.4 Å². The monoisotopic (exact) mass is 556 g/mol. The summed E-state index contributed by atoms with van der Waals surface area (Å²) in [5.41, 5.74) is 3.47. The quantitative estimate of drug-likeness (QED) is 0.206. The molecule has 5 rings (SSSR count). The maximum atomic E-state index is 11.4. The predicted molar refractivity (Wildman–Crippen MR) is 159 cm³/mol. The first-order valence-corrected chi connectivity index (χ1v) is 14.6. The number of aliphatic hydroxyl groups excluding tert-OH is 1. The van der Waals surface area contributed by atoms with E-state index in [0.717, 1.165) is 22.3 Å². The molecule has 4 aromatic rings. The zero-order chi connectivity index (χ0) is 27.4. The Morgan fingerprint density at radius 3 is 1.30 bits per heavy atom. The summed E-state index contributed by atoms with van der Waals surface area (Å²) >= 11 is 1.43. The second kappa shape index (κ2) is 15.1. The summed E-state index contributed by atoms with van der Waals surface area (Å²) in [6, 6.07) is 40.3. The zero-order valence-electron chi connectivity index (χ0n) is 22.5. The molecule has 0 aromatic heterocycles. The van der Waals surface area contributed by atoms with Crippen LogP contribution in [0.4, 0.5) is 0 Å². The number of ether oxygens (including phenoxy) is 4. The molecule has 0 spiro atoms. The van der Waals surface area contributed by atoms with Crippen LogP contribution >= 0.6 is 11.8 Å². The molecule has 1 N–H and O–H groups in total. The van der Waals surface area contributed by atoms with Gasteiger partial charge in [-0.05, 0) is 22.3 Å². The molecule has 6 heteroatoms. The molecule has 208 valence electrons. The first kappa shape index (κ1) is 28.6. The molecule has 1 fully saturated rings. The van der Waals surface area contributed by atoms with Gasteiger partial charge in [-0.3, -0.25) is 0 Å². The molecule has 1 saturated heterocycles. The molecule has 1 aliphatic rings. The second-order valence-electron chi connectivity index (χ2n) is 9.85. The van der Waals surface area contributed by atoms with E-state index >= 15 is 0 Å². The van der Waals surface area contributed by atoms with Crippen molar-refractivity contribution < 1.29 is 24.1 Å². The van der Waals surface area contributed by atoms with E-state index in [1.54, 1.807) is 0 Å². The van der Waals surface area contributed by atoms with Crippen molar-refractivity contribution in [3.8, 4) is 0 Å². The summed E-state index contributed by atoms with van der Waals surface area (Å²) in [4.78, 5) is 0. The van der Waals surface area contributed by atoms with Crippen LogP contribution in [0.2, 0.25) is 0 Å². The summed E-state index contributed by atoms with van der Waals surface area (Å²) in [5.74, 6) is 0. The molecule has 1 heterocycles. The van der Waals surface area contributed by atoms with Crippen molar-refractivity contribution in [2.75, 3.05) is 6.61 Å². The highest BCUT2D eigenvalue weighted by Crippen LogP contribution is 2.38. The van der Waals surface area contributed by atoms with Gasteiger partial charge in [0, 0.05) is 0 Å². The van der Waals surface area contributed by atoms with Gasteiger partial charge in [0.15, 0.2) is 0 Å². The fraction of sp³-hybridized carbons (Fsp3) is 0.294. The van der Waals surface area contributed by atoms with E-state index in [9.17, 15) is 5.11 Å². The molecule has 40 heavy (non-hydrogen) atoms. The van der Waals surface area contributed by atoms with Gasteiger partial charge in [-0.15, -0.1) is 11.8 Å². The Hall–Kier alpha value is -2.97. The van der Waals surface area contributed by atoms with E-state index in [0.29, 0.717) is 33.0 Å². The molecular formula is C34H36O5S. The van der Waals surface area contributed by atoms with Gasteiger partial charge < -0.3 is 24.1 Å². The summed E-state index contributed by atoms with van der Waals surface area (Å²) in [5, 5.41) is 11.2. The number of hydrogen-bond acceptors (Lipinski definition) is 6. The van der Waals surface area contributed by atoms with Crippen molar-refractivity contribution in [3.63, 3.8) is 0 Å². The smallest absolute Gasteiger partial charge is 0.129 e. The Labute approximate surface area is 241 Å². The highest BCUT2D eigenvalue weighted by Gasteiger charge is 2.47. The van der Waals surface area contributed by atoms with Crippen molar-refractivity contribution in [2.45, 2.75) is 55.4 Å². The van der Waals surface area contributed by atoms with Crippen LogP contribution in [0.15, 0.2) is 121 Å². The standard InChI is InChI=1S/C34H36O5S/c35-34-33(39-24-29-19-11-4-12-20-29)32(38-23-28-17-9-3-10-18-28)31(37-22-27-15-7-2-8-16-27)30(40-34)25-36-21-26-13-5-1-6-14-26/h1-20,30-35H,21-25H2. The van der Waals surface area contributed by atoms with Gasteiger partial charge in [0.1, 0.15) is 23.7 Å². The fourth-order valence-electron chi connectivity index (χ4n) is 4.77. The van der Waals surface area contributed by atoms with Gasteiger partial charge in [0.05, 0.1) is 38.3 Å². The number of benzene rings is 4. The third-order valence-electron chi connectivity index (χ3n) is 6.86. The van der Waals surface area contributed by atoms with Crippen molar-refractivity contribution in [1.29, 1.82) is 0 Å². The second-order valence-corrected chi connectivity index (χ2v) is 11.2. The van der Waals surface area contributed by atoms with Gasteiger partial charge in [-0.25, -0.2) is 0 Å². The molecule has 1 aliphatic heterocycles. The molecule has 0 bridgehead atoms. The minimum atomic E-state index is -0.800. The van der Waals surface area contributed by atoms with E-state index in [1.165, 1.54) is 11.8 Å². The van der Waals surface area contributed by atoms with Crippen LogP contribution in [0.3, 0.4) is 0 Å². The fourth-order valence-corrected chi connectivity index (χ4v) is 6.07. The van der Waals surface area contributed by atoms with Crippen LogP contribution in [0.25, 0.3) is 0 Å². The van der Waals surface area contributed by atoms with Crippen molar-refractivity contribution in [1.82, 2.24) is 0 Å². The molecule has 5 nitrogen and oxygen atoms in total. The molecule has 5 unspecified atom stereocenters. The Kier molecular flexibility index (Phi) is 10.8. The lowest BCUT2D eigenvalue weighted by Gasteiger charge is -2.44. The molecule has 0 saturated carbocycles. The lowest BCUT2D eigenvalue weighted by molar-refractivity contribution is -0.175. The van der Waals surface area contributed by atoms with Gasteiger partial charge in [0.25, 0.3) is 0 Å². The summed E-state index contributed by atoms with van der Waals surface area (Å²) in [6.45, 7) is 2.08. The summed E-state index contributed by atoms with van der Waals surface area (Å²) in [7, 11) is 0. The van der Waals surface area contributed by atoms with E-state index in [-0.39, 0.29) is 11.4 Å². The van der Waals surface area contributed by atoms with Gasteiger partial charge in [0.2, 0.25) is 0 Å². The average molecular weight is 557 g/mol. The van der Waals surface area contributed by atoms with Gasteiger partial charge >= 0.3 is 0 Å². The molecule has 5 atom stereocenters. The van der Waals surface area contributed by atoms with E-state index < -0.39 is 17.6 Å². The third-order valence-corrected chi connectivity index (χ3v) is 8.16. The summed E-state index contributed by atoms with van der Waals surface area (Å²) in [6.07, 6.45) is -1.46.